The molecule has 2 N–H and O–H groups in total. The molecule has 7 heteroatoms. The van der Waals surface area contributed by atoms with Crippen molar-refractivity contribution in [3.05, 3.63) is 63.7 Å². The average Bonchev–Trinajstić information content (AvgIpc) is 3.06. The van der Waals surface area contributed by atoms with Gasteiger partial charge in [0.1, 0.15) is 11.6 Å². The predicted molar refractivity (Wildman–Crippen MR) is 109 cm³/mol. The number of ketones is 1. The summed E-state index contributed by atoms with van der Waals surface area (Å²) in [5.41, 5.74) is 2.91. The van der Waals surface area contributed by atoms with Crippen LogP contribution in [0.5, 0.6) is 0 Å². The number of H-pyrrole nitrogens is 1. The molecule has 0 spiro atoms. The van der Waals surface area contributed by atoms with Crippen molar-refractivity contribution in [1.29, 1.82) is 0 Å². The Morgan fingerprint density at radius 2 is 1.83 bits per heavy atom. The number of aryl methyl sites for hydroxylation is 2. The highest BCUT2D eigenvalue weighted by Gasteiger charge is 2.47. The fraction of sp³-hybridized carbons (Fsp3) is 0.364. The number of likely N-dealkylation sites (N-methyl/N-ethyl adjacent to an activating group) is 1. The number of amides is 1. The van der Waals surface area contributed by atoms with Crippen LogP contribution in [0.3, 0.4) is 0 Å². The van der Waals surface area contributed by atoms with Crippen molar-refractivity contribution in [2.24, 2.45) is 0 Å². The maximum atomic E-state index is 14.7. The van der Waals surface area contributed by atoms with Gasteiger partial charge in [0.2, 0.25) is 0 Å². The molecule has 1 aromatic carbocycles. The van der Waals surface area contributed by atoms with Crippen LogP contribution in [0.1, 0.15) is 34.1 Å². The van der Waals surface area contributed by atoms with Crippen LogP contribution in [0.4, 0.5) is 4.39 Å². The third kappa shape index (κ3) is 3.58. The zero-order chi connectivity index (χ0) is 21.5. The molecule has 1 unspecified atom stereocenters. The second kappa shape index (κ2) is 7.83. The molecule has 1 saturated heterocycles. The van der Waals surface area contributed by atoms with E-state index in [1.807, 2.05) is 32.8 Å². The van der Waals surface area contributed by atoms with E-state index in [4.69, 9.17) is 0 Å². The number of halogens is 1. The van der Waals surface area contributed by atoms with Gasteiger partial charge in [0.25, 0.3) is 11.7 Å². The summed E-state index contributed by atoms with van der Waals surface area (Å²) in [4.78, 5) is 32.1. The Bertz CT molecular complexity index is 1010. The Morgan fingerprint density at radius 1 is 1.17 bits per heavy atom. The fourth-order valence-electron chi connectivity index (χ4n) is 3.83. The summed E-state index contributed by atoms with van der Waals surface area (Å²) in [6, 6.07) is 5.06. The lowest BCUT2D eigenvalue weighted by Gasteiger charge is -2.26. The van der Waals surface area contributed by atoms with E-state index in [0.717, 1.165) is 11.3 Å². The van der Waals surface area contributed by atoms with E-state index in [1.165, 1.54) is 11.0 Å². The van der Waals surface area contributed by atoms with Gasteiger partial charge in [-0.1, -0.05) is 18.2 Å². The molecule has 1 aliphatic heterocycles. The first-order valence-electron chi connectivity index (χ1n) is 9.48. The normalized spacial score (nSPS) is 18.9. The Kier molecular flexibility index (Phi) is 5.61. The van der Waals surface area contributed by atoms with Crippen molar-refractivity contribution >= 4 is 17.4 Å². The van der Waals surface area contributed by atoms with E-state index in [-0.39, 0.29) is 23.4 Å². The number of rotatable bonds is 5. The van der Waals surface area contributed by atoms with E-state index in [1.54, 1.807) is 25.1 Å². The summed E-state index contributed by atoms with van der Waals surface area (Å²) in [7, 11) is 3.70. The summed E-state index contributed by atoms with van der Waals surface area (Å²) in [6.45, 7) is 6.21. The van der Waals surface area contributed by atoms with Crippen molar-refractivity contribution in [2.45, 2.75) is 26.8 Å². The van der Waals surface area contributed by atoms with Crippen LogP contribution >= 0.6 is 0 Å². The number of likely N-dealkylation sites (tertiary alicyclic amines) is 1. The molecule has 154 valence electrons. The van der Waals surface area contributed by atoms with Gasteiger partial charge in [-0.25, -0.2) is 4.39 Å². The number of benzene rings is 1. The van der Waals surface area contributed by atoms with Gasteiger partial charge in [-0.3, -0.25) is 9.59 Å². The number of Topliss-reactive ketones (excluding diaryl/α,β-unsaturated/α-hetero) is 1. The minimum atomic E-state index is -0.981. The average molecular weight is 399 g/mol. The van der Waals surface area contributed by atoms with Crippen molar-refractivity contribution in [3.63, 3.8) is 0 Å². The van der Waals surface area contributed by atoms with Crippen LogP contribution in [0.15, 0.2) is 29.8 Å². The minimum Gasteiger partial charge on any atom is -0.507 e. The molecule has 1 amide bonds. The van der Waals surface area contributed by atoms with Gasteiger partial charge in [-0.15, -0.1) is 0 Å². The molecule has 1 aliphatic rings. The second-order valence-electron chi connectivity index (χ2n) is 7.69. The van der Waals surface area contributed by atoms with Crippen LogP contribution < -0.4 is 0 Å². The summed E-state index contributed by atoms with van der Waals surface area (Å²) in [5.74, 6) is -2.33. The Balaban J connectivity index is 2.24. The highest BCUT2D eigenvalue weighted by molar-refractivity contribution is 6.46. The van der Waals surface area contributed by atoms with Crippen LogP contribution in [0, 0.1) is 26.6 Å². The first kappa shape index (κ1) is 20.8. The minimum absolute atomic E-state index is 0.0796. The first-order chi connectivity index (χ1) is 13.6. The molecule has 0 aliphatic carbocycles. The largest absolute Gasteiger partial charge is 0.507 e. The van der Waals surface area contributed by atoms with E-state index in [9.17, 15) is 19.1 Å². The number of aliphatic hydroxyl groups excluding tert-OH is 1. The molecule has 2 aromatic rings. The molecule has 3 rings (SSSR count). The van der Waals surface area contributed by atoms with Gasteiger partial charge in [-0.2, -0.15) is 0 Å². The molecular formula is C22H26FN3O3. The van der Waals surface area contributed by atoms with Crippen LogP contribution in [-0.2, 0) is 9.59 Å². The maximum absolute atomic E-state index is 14.7. The van der Waals surface area contributed by atoms with Gasteiger partial charge in [0.05, 0.1) is 11.6 Å². The molecule has 6 nitrogen and oxygen atoms in total. The lowest BCUT2D eigenvalue weighted by molar-refractivity contribution is -0.140. The van der Waals surface area contributed by atoms with Gasteiger partial charge in [0.15, 0.2) is 0 Å². The summed E-state index contributed by atoms with van der Waals surface area (Å²) >= 11 is 0. The van der Waals surface area contributed by atoms with Crippen LogP contribution in [-0.4, -0.2) is 58.8 Å². The van der Waals surface area contributed by atoms with Crippen LogP contribution in [0.2, 0.25) is 0 Å². The molecule has 29 heavy (non-hydrogen) atoms. The summed E-state index contributed by atoms with van der Waals surface area (Å²) in [6.07, 6.45) is 0. The number of nitrogens with zero attached hydrogens (tertiary/aromatic N) is 2. The fourth-order valence-corrected chi connectivity index (χ4v) is 3.83. The molecule has 0 radical (unpaired) electrons. The van der Waals surface area contributed by atoms with E-state index < -0.39 is 23.5 Å². The van der Waals surface area contributed by atoms with Crippen LogP contribution in [0.25, 0.3) is 5.76 Å². The SMILES string of the molecule is Cc1[nH]c(C)c(/C(O)=C2\C(=O)C(=O)N(CCN(C)C)C2c2ccccc2F)c1C. The second-order valence-corrected chi connectivity index (χ2v) is 7.69. The van der Waals surface area contributed by atoms with Gasteiger partial charge < -0.3 is 19.9 Å². The lowest BCUT2D eigenvalue weighted by atomic mass is 9.94. The number of carbonyl (C=O) groups excluding carboxylic acids is 2. The number of aromatic nitrogens is 1. The first-order valence-corrected chi connectivity index (χ1v) is 9.48. The highest BCUT2D eigenvalue weighted by Crippen LogP contribution is 2.41. The molecular weight excluding hydrogens is 373 g/mol. The molecule has 0 bridgehead atoms. The van der Waals surface area contributed by atoms with Crippen molar-refractivity contribution < 1.29 is 19.1 Å². The van der Waals surface area contributed by atoms with Crippen molar-refractivity contribution in [2.75, 3.05) is 27.2 Å². The number of aliphatic hydroxyl groups is 1. The number of carbonyl (C=O) groups is 2. The maximum Gasteiger partial charge on any atom is 0.295 e. The van der Waals surface area contributed by atoms with Crippen molar-refractivity contribution in [3.8, 4) is 0 Å². The molecule has 2 heterocycles. The Hall–Kier alpha value is -2.93. The van der Waals surface area contributed by atoms with E-state index >= 15 is 0 Å². The monoisotopic (exact) mass is 399 g/mol. The van der Waals surface area contributed by atoms with Gasteiger partial charge in [0, 0.05) is 35.6 Å². The Labute approximate surface area is 169 Å². The third-order valence-electron chi connectivity index (χ3n) is 5.45. The molecule has 1 atom stereocenters. The number of hydrogen-bond acceptors (Lipinski definition) is 4. The van der Waals surface area contributed by atoms with E-state index in [0.29, 0.717) is 17.8 Å². The van der Waals surface area contributed by atoms with Gasteiger partial charge in [-0.05, 0) is 46.5 Å². The van der Waals surface area contributed by atoms with Crippen molar-refractivity contribution in [1.82, 2.24) is 14.8 Å². The molecule has 1 fully saturated rings. The highest BCUT2D eigenvalue weighted by atomic mass is 19.1. The molecule has 1 aromatic heterocycles. The summed E-state index contributed by atoms with van der Waals surface area (Å²) < 4.78 is 14.7. The summed E-state index contributed by atoms with van der Waals surface area (Å²) in [5, 5.41) is 11.1. The smallest absolute Gasteiger partial charge is 0.295 e. The number of nitrogens with one attached hydrogen (secondary N) is 1. The third-order valence-corrected chi connectivity index (χ3v) is 5.45. The van der Waals surface area contributed by atoms with Gasteiger partial charge >= 0.3 is 0 Å². The standard InChI is InChI=1S/C22H26FN3O3/c1-12-13(2)24-14(3)17(12)20(27)18-19(15-8-6-7-9-16(15)23)26(11-10-25(4)5)22(29)21(18)28/h6-9,19,24,27H,10-11H2,1-5H3/b20-18+. The predicted octanol–water partition coefficient (Wildman–Crippen LogP) is 3.06. The zero-order valence-electron chi connectivity index (χ0n) is 17.3. The topological polar surface area (TPSA) is 76.6 Å². The zero-order valence-corrected chi connectivity index (χ0v) is 17.3. The van der Waals surface area contributed by atoms with E-state index in [2.05, 4.69) is 4.98 Å². The molecule has 0 saturated carbocycles. The number of hydrogen-bond donors (Lipinski definition) is 2. The lowest BCUT2D eigenvalue weighted by Crippen LogP contribution is -2.35. The number of aromatic amines is 1. The quantitative estimate of drug-likeness (QED) is 0.460. The Morgan fingerprint density at radius 3 is 2.38 bits per heavy atom.